The van der Waals surface area contributed by atoms with Gasteiger partial charge in [0.15, 0.2) is 6.10 Å². The Morgan fingerprint density at radius 1 is 1.58 bits per heavy atom. The number of nitro groups is 1. The Bertz CT molecular complexity index is 535. The summed E-state index contributed by atoms with van der Waals surface area (Å²) in [6, 6.07) is 0.974. The highest BCUT2D eigenvalue weighted by Gasteiger charge is 2.22. The van der Waals surface area contributed by atoms with Crippen LogP contribution in [0.5, 0.6) is 0 Å². The van der Waals surface area contributed by atoms with Crippen molar-refractivity contribution in [3.05, 3.63) is 33.1 Å². The summed E-state index contributed by atoms with van der Waals surface area (Å²) in [6.07, 6.45) is -0.995. The second-order valence-electron chi connectivity index (χ2n) is 3.35. The van der Waals surface area contributed by atoms with Gasteiger partial charge in [0.1, 0.15) is 16.9 Å². The van der Waals surface area contributed by atoms with Crippen LogP contribution in [0.1, 0.15) is 10.4 Å². The number of aliphatic carboxylic acids is 1. The predicted molar refractivity (Wildman–Crippen MR) is 61.9 cm³/mol. The second-order valence-corrected chi connectivity index (χ2v) is 3.73. The van der Waals surface area contributed by atoms with E-state index >= 15 is 0 Å². The fraction of sp³-hybridized carbons (Fsp3) is 0.222. The topological polar surface area (TPSA) is 143 Å². The minimum Gasteiger partial charge on any atom is -0.479 e. The summed E-state index contributed by atoms with van der Waals surface area (Å²) < 4.78 is 0. The molecule has 0 radical (unpaired) electrons. The van der Waals surface area contributed by atoms with Crippen LogP contribution in [0.3, 0.4) is 0 Å². The number of aromatic nitrogens is 1. The van der Waals surface area contributed by atoms with Gasteiger partial charge < -0.3 is 15.5 Å². The van der Waals surface area contributed by atoms with Crippen molar-refractivity contribution in [2.75, 3.05) is 6.54 Å². The summed E-state index contributed by atoms with van der Waals surface area (Å²) in [5.41, 5.74) is -0.950. The van der Waals surface area contributed by atoms with Crippen LogP contribution in [0.4, 0.5) is 5.69 Å². The van der Waals surface area contributed by atoms with Gasteiger partial charge in [-0.3, -0.25) is 14.9 Å². The van der Waals surface area contributed by atoms with E-state index in [1.54, 1.807) is 0 Å². The van der Waals surface area contributed by atoms with Crippen LogP contribution in [0.15, 0.2) is 12.3 Å². The minimum absolute atomic E-state index is 0.130. The van der Waals surface area contributed by atoms with Gasteiger partial charge in [-0.15, -0.1) is 0 Å². The van der Waals surface area contributed by atoms with Crippen molar-refractivity contribution in [3.8, 4) is 0 Å². The van der Waals surface area contributed by atoms with Gasteiger partial charge in [-0.1, -0.05) is 11.6 Å². The number of rotatable bonds is 5. The molecule has 1 amide bonds. The van der Waals surface area contributed by atoms with Crippen LogP contribution in [0.2, 0.25) is 5.15 Å². The third-order valence-corrected chi connectivity index (χ3v) is 2.24. The molecule has 9 nitrogen and oxygen atoms in total. The monoisotopic (exact) mass is 289 g/mol. The van der Waals surface area contributed by atoms with Crippen LogP contribution >= 0.6 is 11.6 Å². The molecule has 3 N–H and O–H groups in total. The standard InChI is InChI=1S/C9H8ClN3O6/c10-7-1-4(5(2-11-7)13(18)19)8(15)12-3-6(14)9(16)17/h1-2,6,14H,3H2,(H,12,15)(H,16,17). The van der Waals surface area contributed by atoms with E-state index in [0.717, 1.165) is 12.3 Å². The molecule has 102 valence electrons. The molecule has 0 fully saturated rings. The molecule has 0 aliphatic heterocycles. The number of pyridine rings is 1. The average Bonchev–Trinajstić information content (AvgIpc) is 2.34. The van der Waals surface area contributed by atoms with Crippen LogP contribution in [-0.4, -0.2) is 44.6 Å². The molecule has 10 heteroatoms. The number of amides is 1. The van der Waals surface area contributed by atoms with Gasteiger partial charge in [-0.25, -0.2) is 9.78 Å². The minimum atomic E-state index is -1.81. The van der Waals surface area contributed by atoms with Gasteiger partial charge in [-0.05, 0) is 6.07 Å². The number of halogens is 1. The van der Waals surface area contributed by atoms with E-state index in [1.165, 1.54) is 0 Å². The molecule has 0 saturated carbocycles. The van der Waals surface area contributed by atoms with Gasteiger partial charge in [0.25, 0.3) is 11.6 Å². The summed E-state index contributed by atoms with van der Waals surface area (Å²) in [6.45, 7) is -0.592. The molecule has 0 saturated heterocycles. The lowest BCUT2D eigenvalue weighted by atomic mass is 10.2. The van der Waals surface area contributed by atoms with Crippen molar-refractivity contribution in [1.29, 1.82) is 0 Å². The molecule has 1 aromatic rings. The molecular formula is C9H8ClN3O6. The molecule has 0 spiro atoms. The van der Waals surface area contributed by atoms with Crippen molar-refractivity contribution in [2.45, 2.75) is 6.10 Å². The van der Waals surface area contributed by atoms with Crippen molar-refractivity contribution in [3.63, 3.8) is 0 Å². The van der Waals surface area contributed by atoms with Crippen molar-refractivity contribution in [1.82, 2.24) is 10.3 Å². The Morgan fingerprint density at radius 2 is 2.21 bits per heavy atom. The number of aliphatic hydroxyl groups excluding tert-OH is 1. The van der Waals surface area contributed by atoms with E-state index in [-0.39, 0.29) is 10.7 Å². The summed E-state index contributed by atoms with van der Waals surface area (Å²) in [4.78, 5) is 35.3. The predicted octanol–water partition coefficient (Wildman–Crippen LogP) is -0.182. The van der Waals surface area contributed by atoms with Crippen LogP contribution in [0, 0.1) is 10.1 Å². The van der Waals surface area contributed by atoms with Crippen molar-refractivity contribution < 1.29 is 24.7 Å². The number of carbonyl (C=O) groups excluding carboxylic acids is 1. The van der Waals surface area contributed by atoms with E-state index in [1.807, 2.05) is 5.32 Å². The zero-order chi connectivity index (χ0) is 14.6. The van der Waals surface area contributed by atoms with Crippen LogP contribution in [0.25, 0.3) is 0 Å². The molecular weight excluding hydrogens is 282 g/mol. The largest absolute Gasteiger partial charge is 0.479 e. The highest BCUT2D eigenvalue weighted by Crippen LogP contribution is 2.20. The lowest BCUT2D eigenvalue weighted by Gasteiger charge is -2.08. The van der Waals surface area contributed by atoms with Gasteiger partial charge in [0.2, 0.25) is 0 Å². The number of hydrogen-bond donors (Lipinski definition) is 3. The Balaban J connectivity index is 2.90. The Labute approximate surface area is 111 Å². The molecule has 0 aromatic carbocycles. The smallest absolute Gasteiger partial charge is 0.334 e. The summed E-state index contributed by atoms with van der Waals surface area (Å²) in [7, 11) is 0. The van der Waals surface area contributed by atoms with Gasteiger partial charge in [-0.2, -0.15) is 0 Å². The average molecular weight is 290 g/mol. The number of nitrogens with one attached hydrogen (secondary N) is 1. The molecule has 1 atom stereocenters. The zero-order valence-corrected chi connectivity index (χ0v) is 9.99. The SMILES string of the molecule is O=C(NCC(O)C(=O)O)c1cc(Cl)ncc1[N+](=O)[O-]. The summed E-state index contributed by atoms with van der Waals surface area (Å²) in [5.74, 6) is -2.46. The van der Waals surface area contributed by atoms with Gasteiger partial charge in [0.05, 0.1) is 11.5 Å². The van der Waals surface area contributed by atoms with Gasteiger partial charge >= 0.3 is 5.97 Å². The Kier molecular flexibility index (Phi) is 4.73. The number of nitrogens with zero attached hydrogens (tertiary/aromatic N) is 2. The maximum Gasteiger partial charge on any atom is 0.334 e. The van der Waals surface area contributed by atoms with E-state index in [2.05, 4.69) is 4.98 Å². The number of carboxylic acid groups (broad SMARTS) is 1. The Morgan fingerprint density at radius 3 is 2.74 bits per heavy atom. The first kappa shape index (κ1) is 14.8. The molecule has 1 aromatic heterocycles. The summed E-state index contributed by atoms with van der Waals surface area (Å²) >= 11 is 5.52. The maximum absolute atomic E-state index is 11.6. The highest BCUT2D eigenvalue weighted by molar-refractivity contribution is 6.29. The fourth-order valence-electron chi connectivity index (χ4n) is 1.12. The summed E-state index contributed by atoms with van der Waals surface area (Å²) in [5, 5.41) is 30.0. The first-order valence-corrected chi connectivity index (χ1v) is 5.19. The van der Waals surface area contributed by atoms with E-state index in [0.29, 0.717) is 0 Å². The number of aliphatic hydroxyl groups is 1. The fourth-order valence-corrected chi connectivity index (χ4v) is 1.28. The molecule has 0 aliphatic rings. The second kappa shape index (κ2) is 6.07. The third kappa shape index (κ3) is 3.86. The lowest BCUT2D eigenvalue weighted by molar-refractivity contribution is -0.385. The molecule has 0 aliphatic carbocycles. The van der Waals surface area contributed by atoms with E-state index < -0.39 is 35.1 Å². The lowest BCUT2D eigenvalue weighted by Crippen LogP contribution is -2.36. The van der Waals surface area contributed by atoms with Crippen LogP contribution < -0.4 is 5.32 Å². The molecule has 19 heavy (non-hydrogen) atoms. The molecule has 1 heterocycles. The number of hydrogen-bond acceptors (Lipinski definition) is 6. The molecule has 0 bridgehead atoms. The van der Waals surface area contributed by atoms with E-state index in [4.69, 9.17) is 21.8 Å². The molecule has 1 rings (SSSR count). The number of carbonyl (C=O) groups is 2. The first-order valence-electron chi connectivity index (χ1n) is 4.82. The van der Waals surface area contributed by atoms with E-state index in [9.17, 15) is 19.7 Å². The quantitative estimate of drug-likeness (QED) is 0.387. The highest BCUT2D eigenvalue weighted by atomic mass is 35.5. The maximum atomic E-state index is 11.6. The first-order chi connectivity index (χ1) is 8.82. The van der Waals surface area contributed by atoms with Gasteiger partial charge in [0, 0.05) is 0 Å². The zero-order valence-electron chi connectivity index (χ0n) is 9.24. The number of carboxylic acids is 1. The normalized spacial score (nSPS) is 11.7. The van der Waals surface area contributed by atoms with Crippen molar-refractivity contribution in [2.24, 2.45) is 0 Å². The molecule has 1 unspecified atom stereocenters. The van der Waals surface area contributed by atoms with Crippen LogP contribution in [-0.2, 0) is 4.79 Å². The third-order valence-electron chi connectivity index (χ3n) is 2.03. The Hall–Kier alpha value is -2.26. The van der Waals surface area contributed by atoms with Crippen molar-refractivity contribution >= 4 is 29.2 Å².